The lowest BCUT2D eigenvalue weighted by atomic mass is 9.98. The fourth-order valence-corrected chi connectivity index (χ4v) is 3.14. The molecule has 2 heteroatoms. The summed E-state index contributed by atoms with van der Waals surface area (Å²) in [5.74, 6) is 1.42. The Morgan fingerprint density at radius 3 is 2.60 bits per heavy atom. The summed E-state index contributed by atoms with van der Waals surface area (Å²) in [5.41, 5.74) is 8.52. The molecule has 0 aromatic heterocycles. The van der Waals surface area contributed by atoms with E-state index in [4.69, 9.17) is 5.73 Å². The quantitative estimate of drug-likeness (QED) is 0.886. The van der Waals surface area contributed by atoms with Crippen LogP contribution >= 0.6 is 0 Å². The molecule has 2 atom stereocenters. The van der Waals surface area contributed by atoms with Crippen LogP contribution < -0.4 is 5.73 Å². The minimum Gasteiger partial charge on any atom is -0.330 e. The van der Waals surface area contributed by atoms with Gasteiger partial charge in [-0.3, -0.25) is 4.90 Å². The van der Waals surface area contributed by atoms with E-state index in [2.05, 4.69) is 43.0 Å². The third-order valence-corrected chi connectivity index (χ3v) is 4.83. The summed E-state index contributed by atoms with van der Waals surface area (Å²) < 4.78 is 0. The molecule has 0 saturated carbocycles. The molecule has 2 unspecified atom stereocenters. The van der Waals surface area contributed by atoms with Crippen LogP contribution in [-0.2, 0) is 6.54 Å². The zero-order valence-electron chi connectivity index (χ0n) is 13.1. The molecule has 20 heavy (non-hydrogen) atoms. The predicted molar refractivity (Wildman–Crippen MR) is 86.8 cm³/mol. The van der Waals surface area contributed by atoms with E-state index in [0.29, 0.717) is 5.92 Å². The summed E-state index contributed by atoms with van der Waals surface area (Å²) in [4.78, 5) is 2.62. The maximum atomic E-state index is 5.73. The molecular weight excluding hydrogens is 244 g/mol. The number of rotatable bonds is 5. The molecule has 1 aliphatic rings. The van der Waals surface area contributed by atoms with Gasteiger partial charge in [-0.05, 0) is 61.9 Å². The van der Waals surface area contributed by atoms with Gasteiger partial charge in [0, 0.05) is 6.54 Å². The molecule has 1 fully saturated rings. The molecule has 1 aliphatic heterocycles. The van der Waals surface area contributed by atoms with Crippen LogP contribution in [0.4, 0.5) is 0 Å². The normalized spacial score (nSPS) is 22.4. The van der Waals surface area contributed by atoms with Crippen LogP contribution in [0.5, 0.6) is 0 Å². The van der Waals surface area contributed by atoms with Crippen molar-refractivity contribution in [3.8, 4) is 0 Å². The van der Waals surface area contributed by atoms with Crippen molar-refractivity contribution >= 4 is 0 Å². The molecule has 2 rings (SSSR count). The zero-order chi connectivity index (χ0) is 14.4. The monoisotopic (exact) mass is 274 g/mol. The van der Waals surface area contributed by atoms with Gasteiger partial charge in [-0.15, -0.1) is 0 Å². The molecular formula is C18H30N2. The average Bonchev–Trinajstić information content (AvgIpc) is 2.72. The Morgan fingerprint density at radius 2 is 1.95 bits per heavy atom. The van der Waals surface area contributed by atoms with E-state index in [1.165, 1.54) is 49.9 Å². The first-order chi connectivity index (χ1) is 9.72. The van der Waals surface area contributed by atoms with Gasteiger partial charge in [-0.1, -0.05) is 44.5 Å². The predicted octanol–water partition coefficient (Wildman–Crippen LogP) is 3.76. The van der Waals surface area contributed by atoms with Crippen molar-refractivity contribution in [1.82, 2.24) is 4.90 Å². The van der Waals surface area contributed by atoms with E-state index in [9.17, 15) is 0 Å². The van der Waals surface area contributed by atoms with Crippen molar-refractivity contribution in [3.05, 3.63) is 35.4 Å². The fourth-order valence-electron chi connectivity index (χ4n) is 3.14. The van der Waals surface area contributed by atoms with Crippen LogP contribution in [0.3, 0.4) is 0 Å². The molecule has 0 radical (unpaired) electrons. The minimum absolute atomic E-state index is 0.465. The molecule has 0 bridgehead atoms. The van der Waals surface area contributed by atoms with E-state index in [-0.39, 0.29) is 0 Å². The number of benzene rings is 1. The first-order valence-corrected chi connectivity index (χ1v) is 8.24. The maximum absolute atomic E-state index is 5.73. The number of hydrogen-bond donors (Lipinski definition) is 1. The standard InChI is InChI=1S/C18H30N2/c1-3-16-5-4-11-20(12-10-16)14-17-6-8-18(9-7-17)15(2)13-19/h6-9,15-16H,3-5,10-14,19H2,1-2H3. The molecule has 1 saturated heterocycles. The molecule has 1 aromatic carbocycles. The van der Waals surface area contributed by atoms with Gasteiger partial charge in [0.1, 0.15) is 0 Å². The zero-order valence-corrected chi connectivity index (χ0v) is 13.1. The second kappa shape index (κ2) is 7.80. The molecule has 1 aromatic rings. The minimum atomic E-state index is 0.465. The highest BCUT2D eigenvalue weighted by Crippen LogP contribution is 2.22. The number of nitrogens with two attached hydrogens (primary N) is 1. The molecule has 1 heterocycles. The van der Waals surface area contributed by atoms with Crippen LogP contribution in [-0.4, -0.2) is 24.5 Å². The summed E-state index contributed by atoms with van der Waals surface area (Å²) in [6, 6.07) is 9.06. The van der Waals surface area contributed by atoms with E-state index < -0.39 is 0 Å². The van der Waals surface area contributed by atoms with Gasteiger partial charge in [0.25, 0.3) is 0 Å². The van der Waals surface area contributed by atoms with Crippen LogP contribution in [0.15, 0.2) is 24.3 Å². The van der Waals surface area contributed by atoms with Crippen LogP contribution in [0.2, 0.25) is 0 Å². The van der Waals surface area contributed by atoms with Crippen LogP contribution in [0.25, 0.3) is 0 Å². The average molecular weight is 274 g/mol. The smallest absolute Gasteiger partial charge is 0.0233 e. The van der Waals surface area contributed by atoms with Gasteiger partial charge in [0.05, 0.1) is 0 Å². The Bertz CT molecular complexity index is 385. The number of likely N-dealkylation sites (tertiary alicyclic amines) is 1. The van der Waals surface area contributed by atoms with Crippen molar-refractivity contribution in [3.63, 3.8) is 0 Å². The Kier molecular flexibility index (Phi) is 6.06. The Hall–Kier alpha value is -0.860. The third-order valence-electron chi connectivity index (χ3n) is 4.83. The lowest BCUT2D eigenvalue weighted by molar-refractivity contribution is 0.272. The molecule has 0 aliphatic carbocycles. The fraction of sp³-hybridized carbons (Fsp3) is 0.667. The highest BCUT2D eigenvalue weighted by Gasteiger charge is 2.15. The van der Waals surface area contributed by atoms with Crippen LogP contribution in [0, 0.1) is 5.92 Å². The second-order valence-electron chi connectivity index (χ2n) is 6.36. The van der Waals surface area contributed by atoms with Gasteiger partial charge in [0.15, 0.2) is 0 Å². The van der Waals surface area contributed by atoms with E-state index in [1.807, 2.05) is 0 Å². The van der Waals surface area contributed by atoms with Crippen molar-refractivity contribution in [2.24, 2.45) is 11.7 Å². The van der Waals surface area contributed by atoms with Gasteiger partial charge in [0.2, 0.25) is 0 Å². The molecule has 0 amide bonds. The van der Waals surface area contributed by atoms with Gasteiger partial charge in [-0.2, -0.15) is 0 Å². The Morgan fingerprint density at radius 1 is 1.20 bits per heavy atom. The van der Waals surface area contributed by atoms with E-state index >= 15 is 0 Å². The molecule has 112 valence electrons. The third kappa shape index (κ3) is 4.32. The number of nitrogens with zero attached hydrogens (tertiary/aromatic N) is 1. The Balaban J connectivity index is 1.89. The highest BCUT2D eigenvalue weighted by atomic mass is 15.1. The second-order valence-corrected chi connectivity index (χ2v) is 6.36. The lowest BCUT2D eigenvalue weighted by Gasteiger charge is -2.20. The maximum Gasteiger partial charge on any atom is 0.0233 e. The van der Waals surface area contributed by atoms with Gasteiger partial charge in [-0.25, -0.2) is 0 Å². The van der Waals surface area contributed by atoms with Crippen LogP contribution in [0.1, 0.15) is 56.6 Å². The summed E-state index contributed by atoms with van der Waals surface area (Å²) in [7, 11) is 0. The SMILES string of the molecule is CCC1CCCN(Cc2ccc(C(C)CN)cc2)CC1. The lowest BCUT2D eigenvalue weighted by Crippen LogP contribution is -2.24. The molecule has 2 N–H and O–H groups in total. The highest BCUT2D eigenvalue weighted by molar-refractivity contribution is 5.25. The summed E-state index contributed by atoms with van der Waals surface area (Å²) >= 11 is 0. The van der Waals surface area contributed by atoms with Crippen molar-refractivity contribution in [2.75, 3.05) is 19.6 Å². The molecule has 2 nitrogen and oxygen atoms in total. The summed E-state index contributed by atoms with van der Waals surface area (Å²) in [6.07, 6.45) is 5.50. The first-order valence-electron chi connectivity index (χ1n) is 8.24. The topological polar surface area (TPSA) is 29.3 Å². The van der Waals surface area contributed by atoms with Crippen molar-refractivity contribution < 1.29 is 0 Å². The summed E-state index contributed by atoms with van der Waals surface area (Å²) in [6.45, 7) is 8.88. The van der Waals surface area contributed by atoms with Crippen molar-refractivity contribution in [2.45, 2.75) is 52.0 Å². The molecule has 0 spiro atoms. The van der Waals surface area contributed by atoms with E-state index in [1.54, 1.807) is 0 Å². The number of hydrogen-bond acceptors (Lipinski definition) is 2. The van der Waals surface area contributed by atoms with Gasteiger partial charge >= 0.3 is 0 Å². The largest absolute Gasteiger partial charge is 0.330 e. The van der Waals surface area contributed by atoms with Crippen molar-refractivity contribution in [1.29, 1.82) is 0 Å². The Labute approximate surface area is 124 Å². The van der Waals surface area contributed by atoms with Gasteiger partial charge < -0.3 is 5.73 Å². The first kappa shape index (κ1) is 15.5. The summed E-state index contributed by atoms with van der Waals surface area (Å²) in [5, 5.41) is 0. The van der Waals surface area contributed by atoms with E-state index in [0.717, 1.165) is 19.0 Å².